The van der Waals surface area contributed by atoms with E-state index in [1.165, 1.54) is 0 Å². The maximum absolute atomic E-state index is 12.7. The fourth-order valence-electron chi connectivity index (χ4n) is 3.12. The third-order valence-electron chi connectivity index (χ3n) is 5.41. The van der Waals surface area contributed by atoms with E-state index in [2.05, 4.69) is 12.2 Å². The van der Waals surface area contributed by atoms with Gasteiger partial charge in [0.1, 0.15) is 0 Å². The van der Waals surface area contributed by atoms with Gasteiger partial charge in [0, 0.05) is 41.7 Å². The highest BCUT2D eigenvalue weighted by molar-refractivity contribution is 6.65. The third-order valence-corrected chi connectivity index (χ3v) is 5.74. The summed E-state index contributed by atoms with van der Waals surface area (Å²) in [6.07, 6.45) is 0. The number of nitrogens with zero attached hydrogens (tertiary/aromatic N) is 1. The number of amides is 1. The lowest BCUT2D eigenvalue weighted by molar-refractivity contribution is 0.00578. The summed E-state index contributed by atoms with van der Waals surface area (Å²) in [6.45, 7) is 12.3. The summed E-state index contributed by atoms with van der Waals surface area (Å²) in [7, 11) is -0.527. The van der Waals surface area contributed by atoms with Gasteiger partial charge in [-0.15, -0.1) is 0 Å². The number of hydrogen-bond acceptors (Lipinski definition) is 4. The number of halogens is 1. The van der Waals surface area contributed by atoms with Crippen LogP contribution in [-0.2, 0) is 9.31 Å². The molecule has 0 bridgehead atoms. The molecule has 2 fully saturated rings. The molecule has 0 saturated carbocycles. The second-order valence-electron chi connectivity index (χ2n) is 7.93. The van der Waals surface area contributed by atoms with Crippen molar-refractivity contribution in [3.05, 3.63) is 28.8 Å². The first-order valence-corrected chi connectivity index (χ1v) is 9.16. The number of hydrogen-bond donors (Lipinski definition) is 1. The third kappa shape index (κ3) is 3.58. The van der Waals surface area contributed by atoms with Crippen LogP contribution in [0.1, 0.15) is 45.0 Å². The van der Waals surface area contributed by atoms with Crippen LogP contribution < -0.4 is 10.8 Å². The van der Waals surface area contributed by atoms with E-state index < -0.39 is 18.3 Å². The summed E-state index contributed by atoms with van der Waals surface area (Å²) in [4.78, 5) is 14.6. The van der Waals surface area contributed by atoms with Gasteiger partial charge in [-0.1, -0.05) is 17.7 Å². The number of rotatable bonds is 2. The Morgan fingerprint density at radius 3 is 2.48 bits per heavy atom. The van der Waals surface area contributed by atoms with Crippen LogP contribution in [-0.4, -0.2) is 54.8 Å². The van der Waals surface area contributed by atoms with Gasteiger partial charge in [0.2, 0.25) is 0 Å². The van der Waals surface area contributed by atoms with Crippen LogP contribution in [0.25, 0.3) is 0 Å². The van der Waals surface area contributed by atoms with Crippen molar-refractivity contribution in [2.24, 2.45) is 0 Å². The monoisotopic (exact) mass is 364 g/mol. The lowest BCUT2D eigenvalue weighted by Crippen LogP contribution is -2.51. The van der Waals surface area contributed by atoms with E-state index in [0.29, 0.717) is 29.7 Å². The van der Waals surface area contributed by atoms with Gasteiger partial charge in [-0.25, -0.2) is 0 Å². The van der Waals surface area contributed by atoms with E-state index in [-0.39, 0.29) is 5.91 Å². The summed E-state index contributed by atoms with van der Waals surface area (Å²) in [5, 5.41) is 3.83. The van der Waals surface area contributed by atoms with Crippen molar-refractivity contribution in [1.82, 2.24) is 10.2 Å². The Labute approximate surface area is 155 Å². The molecule has 1 aromatic carbocycles. The standard InChI is InChI=1S/C18H26BClN2O3/c1-12-11-22(9-8-21-12)16(23)13-6-7-14(15(20)10-13)19-24-17(2,3)18(4,5)25-19/h6-7,10,12,21H,8-9,11H2,1-5H3. The minimum absolute atomic E-state index is 0.00992. The van der Waals surface area contributed by atoms with E-state index in [9.17, 15) is 4.79 Å². The molecule has 7 heteroatoms. The van der Waals surface area contributed by atoms with Crippen molar-refractivity contribution >= 4 is 30.1 Å². The molecule has 1 N–H and O–H groups in total. The van der Waals surface area contributed by atoms with E-state index >= 15 is 0 Å². The highest BCUT2D eigenvalue weighted by Crippen LogP contribution is 2.37. The van der Waals surface area contributed by atoms with Crippen LogP contribution in [0.2, 0.25) is 5.02 Å². The predicted molar refractivity (Wildman–Crippen MR) is 101 cm³/mol. The first kappa shape index (κ1) is 18.7. The predicted octanol–water partition coefficient (Wildman–Crippen LogP) is 2.07. The van der Waals surface area contributed by atoms with Gasteiger partial charge in [0.05, 0.1) is 11.2 Å². The zero-order chi connectivity index (χ0) is 18.4. The first-order valence-electron chi connectivity index (χ1n) is 8.78. The Bertz CT molecular complexity index is 664. The number of carbonyl (C=O) groups is 1. The van der Waals surface area contributed by atoms with Crippen LogP contribution in [0.5, 0.6) is 0 Å². The minimum Gasteiger partial charge on any atom is -0.399 e. The Morgan fingerprint density at radius 1 is 1.28 bits per heavy atom. The van der Waals surface area contributed by atoms with Gasteiger partial charge >= 0.3 is 7.12 Å². The van der Waals surface area contributed by atoms with E-state index in [4.69, 9.17) is 20.9 Å². The average Bonchev–Trinajstić information content (AvgIpc) is 2.74. The lowest BCUT2D eigenvalue weighted by atomic mass is 9.78. The molecule has 0 spiro atoms. The zero-order valence-corrected chi connectivity index (χ0v) is 16.3. The van der Waals surface area contributed by atoms with Gasteiger partial charge in [0.25, 0.3) is 5.91 Å². The van der Waals surface area contributed by atoms with Crippen LogP contribution in [0.15, 0.2) is 18.2 Å². The SMILES string of the molecule is CC1CN(C(=O)c2ccc(B3OC(C)(C)C(C)(C)O3)c(Cl)c2)CCN1. The number of nitrogens with one attached hydrogen (secondary N) is 1. The maximum Gasteiger partial charge on any atom is 0.496 e. The van der Waals surface area contributed by atoms with Crippen LogP contribution in [0, 0.1) is 0 Å². The van der Waals surface area contributed by atoms with Crippen LogP contribution in [0.3, 0.4) is 0 Å². The number of carbonyl (C=O) groups excluding carboxylic acids is 1. The largest absolute Gasteiger partial charge is 0.496 e. The van der Waals surface area contributed by atoms with Gasteiger partial charge in [-0.05, 0) is 46.8 Å². The minimum atomic E-state index is -0.527. The molecule has 2 aliphatic heterocycles. The summed E-state index contributed by atoms with van der Waals surface area (Å²) < 4.78 is 12.1. The molecule has 25 heavy (non-hydrogen) atoms. The summed E-state index contributed by atoms with van der Waals surface area (Å²) in [5.74, 6) is 0.00992. The van der Waals surface area contributed by atoms with E-state index in [1.54, 1.807) is 12.1 Å². The van der Waals surface area contributed by atoms with E-state index in [1.807, 2.05) is 38.7 Å². The van der Waals surface area contributed by atoms with Crippen molar-refractivity contribution in [3.63, 3.8) is 0 Å². The number of piperazine rings is 1. The van der Waals surface area contributed by atoms with Gasteiger partial charge < -0.3 is 19.5 Å². The summed E-state index contributed by atoms with van der Waals surface area (Å²) >= 11 is 6.46. The molecule has 1 atom stereocenters. The second kappa shape index (κ2) is 6.58. The molecule has 1 aromatic rings. The molecule has 0 radical (unpaired) electrons. The molecule has 0 aliphatic carbocycles. The molecule has 2 saturated heterocycles. The van der Waals surface area contributed by atoms with Crippen molar-refractivity contribution in [2.45, 2.75) is 51.9 Å². The topological polar surface area (TPSA) is 50.8 Å². The van der Waals surface area contributed by atoms with Crippen molar-refractivity contribution in [2.75, 3.05) is 19.6 Å². The van der Waals surface area contributed by atoms with Gasteiger partial charge in [-0.2, -0.15) is 0 Å². The Kier molecular flexibility index (Phi) is 4.92. The molecule has 1 amide bonds. The lowest BCUT2D eigenvalue weighted by Gasteiger charge is -2.32. The first-order chi connectivity index (χ1) is 11.6. The maximum atomic E-state index is 12.7. The quantitative estimate of drug-likeness (QED) is 0.816. The molecule has 1 unspecified atom stereocenters. The van der Waals surface area contributed by atoms with Gasteiger partial charge in [-0.3, -0.25) is 4.79 Å². The molecular weight excluding hydrogens is 338 g/mol. The van der Waals surface area contributed by atoms with E-state index in [0.717, 1.165) is 12.0 Å². The molecule has 136 valence electrons. The highest BCUT2D eigenvalue weighted by Gasteiger charge is 2.52. The normalized spacial score (nSPS) is 25.3. The summed E-state index contributed by atoms with van der Waals surface area (Å²) in [6, 6.07) is 5.67. The Balaban J connectivity index is 1.79. The fourth-order valence-corrected chi connectivity index (χ4v) is 3.39. The summed E-state index contributed by atoms with van der Waals surface area (Å²) in [5.41, 5.74) is 0.503. The second-order valence-corrected chi connectivity index (χ2v) is 8.34. The number of benzene rings is 1. The van der Waals surface area contributed by atoms with Gasteiger partial charge in [0.15, 0.2) is 0 Å². The fraction of sp³-hybridized carbons (Fsp3) is 0.611. The molecule has 0 aromatic heterocycles. The van der Waals surface area contributed by atoms with Crippen LogP contribution in [0.4, 0.5) is 0 Å². The smallest absolute Gasteiger partial charge is 0.399 e. The molecule has 2 aliphatic rings. The van der Waals surface area contributed by atoms with Crippen molar-refractivity contribution in [1.29, 1.82) is 0 Å². The molecular formula is C18H26BClN2O3. The average molecular weight is 365 g/mol. The zero-order valence-electron chi connectivity index (χ0n) is 15.6. The molecule has 5 nitrogen and oxygen atoms in total. The van der Waals surface area contributed by atoms with Crippen molar-refractivity contribution < 1.29 is 14.1 Å². The van der Waals surface area contributed by atoms with Crippen molar-refractivity contribution in [3.8, 4) is 0 Å². The Morgan fingerprint density at radius 2 is 1.92 bits per heavy atom. The molecule has 2 heterocycles. The van der Waals surface area contributed by atoms with Crippen LogP contribution >= 0.6 is 11.6 Å². The highest BCUT2D eigenvalue weighted by atomic mass is 35.5. The molecule has 3 rings (SSSR count). The Hall–Kier alpha value is -1.08.